The molecular formula is C12H19ClN4O. The molecule has 1 fully saturated rings. The van der Waals surface area contributed by atoms with Crippen molar-refractivity contribution in [3.05, 3.63) is 23.0 Å². The van der Waals surface area contributed by atoms with Crippen molar-refractivity contribution in [2.75, 3.05) is 39.3 Å². The van der Waals surface area contributed by atoms with Crippen LogP contribution in [0.5, 0.6) is 0 Å². The first-order valence-electron chi connectivity index (χ1n) is 6.20. The second kappa shape index (κ2) is 6.22. The molecule has 0 bridgehead atoms. The van der Waals surface area contributed by atoms with Gasteiger partial charge in [0.25, 0.3) is 5.91 Å². The van der Waals surface area contributed by atoms with Gasteiger partial charge in [0, 0.05) is 52.5 Å². The van der Waals surface area contributed by atoms with Gasteiger partial charge >= 0.3 is 0 Å². The molecule has 1 aliphatic rings. The highest BCUT2D eigenvalue weighted by Crippen LogP contribution is 2.12. The molecule has 2 rings (SSSR count). The Kier molecular flexibility index (Phi) is 4.63. The maximum atomic E-state index is 11.9. The summed E-state index contributed by atoms with van der Waals surface area (Å²) in [6.45, 7) is 5.72. The van der Waals surface area contributed by atoms with E-state index in [1.54, 1.807) is 16.8 Å². The van der Waals surface area contributed by atoms with Crippen molar-refractivity contribution in [1.29, 1.82) is 0 Å². The van der Waals surface area contributed by atoms with Crippen LogP contribution in [-0.4, -0.2) is 54.6 Å². The zero-order chi connectivity index (χ0) is 13.0. The van der Waals surface area contributed by atoms with Gasteiger partial charge in [-0.05, 0) is 6.07 Å². The van der Waals surface area contributed by atoms with Crippen LogP contribution in [0.25, 0.3) is 0 Å². The molecular weight excluding hydrogens is 252 g/mol. The minimum atomic E-state index is -0.0699. The quantitative estimate of drug-likeness (QED) is 0.828. The summed E-state index contributed by atoms with van der Waals surface area (Å²) >= 11 is 5.85. The number of aryl methyl sites for hydroxylation is 1. The zero-order valence-electron chi connectivity index (χ0n) is 10.6. The molecule has 100 valence electrons. The van der Waals surface area contributed by atoms with E-state index in [1.807, 2.05) is 7.05 Å². The van der Waals surface area contributed by atoms with E-state index in [1.165, 1.54) is 0 Å². The van der Waals surface area contributed by atoms with Crippen molar-refractivity contribution >= 4 is 17.5 Å². The molecule has 1 aromatic rings. The third kappa shape index (κ3) is 3.48. The molecule has 18 heavy (non-hydrogen) atoms. The second-order valence-corrected chi connectivity index (χ2v) is 4.94. The number of aromatic nitrogens is 1. The van der Waals surface area contributed by atoms with Crippen molar-refractivity contribution < 1.29 is 4.79 Å². The first kappa shape index (κ1) is 13.4. The highest BCUT2D eigenvalue weighted by atomic mass is 35.5. The molecule has 6 heteroatoms. The predicted octanol–water partition coefficient (Wildman–Crippen LogP) is 0.314. The number of nitrogens with one attached hydrogen (secondary N) is 2. The fourth-order valence-electron chi connectivity index (χ4n) is 2.10. The number of nitrogens with zero attached hydrogens (tertiary/aromatic N) is 2. The number of rotatable bonds is 4. The van der Waals surface area contributed by atoms with E-state index < -0.39 is 0 Å². The molecule has 1 aromatic heterocycles. The van der Waals surface area contributed by atoms with Crippen LogP contribution in [0.2, 0.25) is 5.02 Å². The fraction of sp³-hybridized carbons (Fsp3) is 0.583. The van der Waals surface area contributed by atoms with Crippen molar-refractivity contribution in [1.82, 2.24) is 20.1 Å². The molecule has 2 heterocycles. The van der Waals surface area contributed by atoms with Crippen LogP contribution < -0.4 is 10.6 Å². The third-order valence-corrected chi connectivity index (χ3v) is 3.33. The summed E-state index contributed by atoms with van der Waals surface area (Å²) in [5, 5.41) is 6.81. The predicted molar refractivity (Wildman–Crippen MR) is 72.1 cm³/mol. The first-order valence-corrected chi connectivity index (χ1v) is 6.58. The average Bonchev–Trinajstić information content (AvgIpc) is 2.70. The van der Waals surface area contributed by atoms with Crippen molar-refractivity contribution in [3.8, 4) is 0 Å². The third-order valence-electron chi connectivity index (χ3n) is 3.13. The molecule has 0 spiro atoms. The van der Waals surface area contributed by atoms with Gasteiger partial charge in [-0.1, -0.05) is 11.6 Å². The van der Waals surface area contributed by atoms with Crippen LogP contribution in [0.3, 0.4) is 0 Å². The van der Waals surface area contributed by atoms with Crippen LogP contribution >= 0.6 is 11.6 Å². The first-order chi connectivity index (χ1) is 8.66. The summed E-state index contributed by atoms with van der Waals surface area (Å²) in [5.74, 6) is -0.0699. The Labute approximate surface area is 112 Å². The van der Waals surface area contributed by atoms with Crippen LogP contribution in [0.4, 0.5) is 0 Å². The number of amides is 1. The fourth-order valence-corrected chi connectivity index (χ4v) is 2.35. The highest BCUT2D eigenvalue weighted by Gasteiger charge is 2.12. The Balaban J connectivity index is 1.76. The summed E-state index contributed by atoms with van der Waals surface area (Å²) in [6, 6.07) is 1.68. The molecule has 0 radical (unpaired) electrons. The molecule has 0 unspecified atom stereocenters. The van der Waals surface area contributed by atoms with Crippen LogP contribution in [0.1, 0.15) is 10.5 Å². The average molecular weight is 271 g/mol. The summed E-state index contributed by atoms with van der Waals surface area (Å²) in [7, 11) is 1.82. The molecule has 1 saturated heterocycles. The van der Waals surface area contributed by atoms with Gasteiger partial charge in [-0.15, -0.1) is 0 Å². The Bertz CT molecular complexity index is 412. The number of halogens is 1. The molecule has 0 saturated carbocycles. The summed E-state index contributed by atoms with van der Waals surface area (Å²) in [4.78, 5) is 14.2. The summed E-state index contributed by atoms with van der Waals surface area (Å²) in [5.41, 5.74) is 0.598. The minimum Gasteiger partial charge on any atom is -0.349 e. The molecule has 2 N–H and O–H groups in total. The lowest BCUT2D eigenvalue weighted by Gasteiger charge is -2.27. The van der Waals surface area contributed by atoms with E-state index in [-0.39, 0.29) is 5.91 Å². The summed E-state index contributed by atoms with van der Waals surface area (Å²) < 4.78 is 1.74. The number of hydrogen-bond donors (Lipinski definition) is 2. The van der Waals surface area contributed by atoms with E-state index in [0.717, 1.165) is 32.7 Å². The van der Waals surface area contributed by atoms with Crippen molar-refractivity contribution in [2.45, 2.75) is 0 Å². The highest BCUT2D eigenvalue weighted by molar-refractivity contribution is 6.31. The van der Waals surface area contributed by atoms with Crippen molar-refractivity contribution in [3.63, 3.8) is 0 Å². The van der Waals surface area contributed by atoms with E-state index in [9.17, 15) is 4.79 Å². The van der Waals surface area contributed by atoms with E-state index in [2.05, 4.69) is 15.5 Å². The van der Waals surface area contributed by atoms with Gasteiger partial charge in [0.15, 0.2) is 0 Å². The molecule has 0 aromatic carbocycles. The van der Waals surface area contributed by atoms with Gasteiger partial charge in [0.2, 0.25) is 0 Å². The van der Waals surface area contributed by atoms with E-state index >= 15 is 0 Å². The van der Waals surface area contributed by atoms with Gasteiger partial charge in [-0.2, -0.15) is 0 Å². The lowest BCUT2D eigenvalue weighted by atomic mass is 10.3. The lowest BCUT2D eigenvalue weighted by Crippen LogP contribution is -2.46. The Morgan fingerprint density at radius 2 is 2.22 bits per heavy atom. The van der Waals surface area contributed by atoms with Gasteiger partial charge < -0.3 is 15.2 Å². The molecule has 1 aliphatic heterocycles. The number of hydrogen-bond acceptors (Lipinski definition) is 3. The largest absolute Gasteiger partial charge is 0.349 e. The van der Waals surface area contributed by atoms with E-state index in [4.69, 9.17) is 11.6 Å². The topological polar surface area (TPSA) is 49.3 Å². The Morgan fingerprint density at radius 3 is 2.83 bits per heavy atom. The minimum absolute atomic E-state index is 0.0699. The second-order valence-electron chi connectivity index (χ2n) is 4.50. The van der Waals surface area contributed by atoms with Crippen LogP contribution in [-0.2, 0) is 7.05 Å². The molecule has 1 amide bonds. The number of carbonyl (C=O) groups excluding carboxylic acids is 1. The number of carbonyl (C=O) groups is 1. The SMILES string of the molecule is Cn1cc(Cl)cc1C(=O)NCCN1CCNCC1. The lowest BCUT2D eigenvalue weighted by molar-refractivity contribution is 0.0939. The van der Waals surface area contributed by atoms with Gasteiger partial charge in [-0.3, -0.25) is 9.69 Å². The van der Waals surface area contributed by atoms with Gasteiger partial charge in [0.1, 0.15) is 5.69 Å². The van der Waals surface area contributed by atoms with Crippen molar-refractivity contribution in [2.24, 2.45) is 7.05 Å². The molecule has 0 aliphatic carbocycles. The van der Waals surface area contributed by atoms with Crippen LogP contribution in [0.15, 0.2) is 12.3 Å². The smallest absolute Gasteiger partial charge is 0.267 e. The molecule has 0 atom stereocenters. The zero-order valence-corrected chi connectivity index (χ0v) is 11.3. The van der Waals surface area contributed by atoms with Gasteiger partial charge in [-0.25, -0.2) is 0 Å². The number of piperazine rings is 1. The standard InChI is InChI=1S/C12H19ClN4O/c1-16-9-10(13)8-11(16)12(18)15-4-7-17-5-2-14-3-6-17/h8-9,14H,2-7H2,1H3,(H,15,18). The maximum Gasteiger partial charge on any atom is 0.267 e. The van der Waals surface area contributed by atoms with E-state index in [0.29, 0.717) is 17.3 Å². The maximum absolute atomic E-state index is 11.9. The van der Waals surface area contributed by atoms with Gasteiger partial charge in [0.05, 0.1) is 5.02 Å². The Morgan fingerprint density at radius 1 is 1.50 bits per heavy atom. The summed E-state index contributed by atoms with van der Waals surface area (Å²) in [6.07, 6.45) is 1.73. The molecule has 5 nitrogen and oxygen atoms in total. The normalized spacial score (nSPS) is 16.8. The Hall–Kier alpha value is -1.04. The monoisotopic (exact) mass is 270 g/mol. The van der Waals surface area contributed by atoms with Crippen LogP contribution in [0, 0.1) is 0 Å².